The van der Waals surface area contributed by atoms with Crippen LogP contribution in [0.2, 0.25) is 0 Å². The number of hydrogen-bond acceptors (Lipinski definition) is 3. The van der Waals surface area contributed by atoms with Crippen molar-refractivity contribution in [3.05, 3.63) is 0 Å². The molecule has 0 aliphatic rings. The van der Waals surface area contributed by atoms with Crippen LogP contribution in [0.25, 0.3) is 0 Å². The lowest BCUT2D eigenvalue weighted by Gasteiger charge is -2.14. The van der Waals surface area contributed by atoms with Gasteiger partial charge >= 0.3 is 0 Å². The van der Waals surface area contributed by atoms with Crippen molar-refractivity contribution < 1.29 is 13.5 Å². The molecule has 1 atom stereocenters. The Bertz CT molecular complexity index is 236. The summed E-state index contributed by atoms with van der Waals surface area (Å²) in [4.78, 5) is 0. The maximum Gasteiger partial charge on any atom is 0.214 e. The molecule has 0 aromatic heterocycles. The smallest absolute Gasteiger partial charge is 0.214 e. The fraction of sp³-hybridized carbons (Fsp3) is 1.00. The second-order valence-corrected chi connectivity index (χ2v) is 5.91. The topological polar surface area (TPSA) is 66.4 Å². The number of aliphatic hydroxyl groups excluding tert-OH is 1. The van der Waals surface area contributed by atoms with Crippen molar-refractivity contribution in [1.82, 2.24) is 4.72 Å². The monoisotopic (exact) mass is 223 g/mol. The summed E-state index contributed by atoms with van der Waals surface area (Å²) in [5, 5.41) is 8.51. The van der Waals surface area contributed by atoms with Gasteiger partial charge in [0.15, 0.2) is 0 Å². The van der Waals surface area contributed by atoms with Crippen molar-refractivity contribution in [3.63, 3.8) is 0 Å². The molecule has 0 radical (unpaired) electrons. The van der Waals surface area contributed by atoms with E-state index in [0.29, 0.717) is 5.92 Å². The highest BCUT2D eigenvalue weighted by atomic mass is 32.2. The Hall–Kier alpha value is -0.130. The van der Waals surface area contributed by atoms with Crippen LogP contribution in [-0.4, -0.2) is 31.9 Å². The van der Waals surface area contributed by atoms with E-state index in [0.717, 1.165) is 12.8 Å². The zero-order valence-electron chi connectivity index (χ0n) is 9.16. The standard InChI is InChI=1S/C9H21NO3S/c1-8(2)4-5-9(3)10-14(12,13)7-6-11/h8-11H,4-7H2,1-3H3. The molecule has 0 saturated heterocycles. The summed E-state index contributed by atoms with van der Waals surface area (Å²) >= 11 is 0. The second kappa shape index (κ2) is 6.37. The van der Waals surface area contributed by atoms with Gasteiger partial charge in [0, 0.05) is 6.04 Å². The molecular weight excluding hydrogens is 202 g/mol. The first-order valence-electron chi connectivity index (χ1n) is 4.98. The Labute approximate surface area is 86.8 Å². The third-order valence-electron chi connectivity index (χ3n) is 1.92. The molecule has 86 valence electrons. The molecule has 0 aliphatic heterocycles. The van der Waals surface area contributed by atoms with E-state index in [2.05, 4.69) is 18.6 Å². The summed E-state index contributed by atoms with van der Waals surface area (Å²) < 4.78 is 25.0. The molecule has 0 bridgehead atoms. The van der Waals surface area contributed by atoms with Gasteiger partial charge in [-0.1, -0.05) is 13.8 Å². The number of rotatable bonds is 7. The van der Waals surface area contributed by atoms with Crippen LogP contribution in [0.4, 0.5) is 0 Å². The molecule has 5 heteroatoms. The number of nitrogens with one attached hydrogen (secondary N) is 1. The van der Waals surface area contributed by atoms with Gasteiger partial charge in [-0.05, 0) is 25.7 Å². The Morgan fingerprint density at radius 2 is 1.79 bits per heavy atom. The van der Waals surface area contributed by atoms with Gasteiger partial charge in [0.25, 0.3) is 0 Å². The van der Waals surface area contributed by atoms with E-state index in [1.807, 2.05) is 6.92 Å². The predicted octanol–water partition coefficient (Wildman–Crippen LogP) is 0.723. The Balaban J connectivity index is 3.87. The zero-order chi connectivity index (χ0) is 11.2. The van der Waals surface area contributed by atoms with Crippen LogP contribution >= 0.6 is 0 Å². The third kappa shape index (κ3) is 7.29. The summed E-state index contributed by atoms with van der Waals surface area (Å²) in [5.74, 6) is 0.374. The van der Waals surface area contributed by atoms with Crippen molar-refractivity contribution in [2.45, 2.75) is 39.7 Å². The molecule has 0 heterocycles. The van der Waals surface area contributed by atoms with Crippen LogP contribution in [0.1, 0.15) is 33.6 Å². The van der Waals surface area contributed by atoms with E-state index < -0.39 is 10.0 Å². The average molecular weight is 223 g/mol. The normalized spacial score (nSPS) is 14.6. The molecule has 0 fully saturated rings. The van der Waals surface area contributed by atoms with Crippen molar-refractivity contribution in [2.24, 2.45) is 5.92 Å². The fourth-order valence-electron chi connectivity index (χ4n) is 1.13. The highest BCUT2D eigenvalue weighted by Crippen LogP contribution is 2.07. The van der Waals surface area contributed by atoms with Crippen LogP contribution in [0, 0.1) is 5.92 Å². The van der Waals surface area contributed by atoms with E-state index in [1.165, 1.54) is 0 Å². The minimum absolute atomic E-state index is 0.0473. The maximum absolute atomic E-state index is 11.2. The Kier molecular flexibility index (Phi) is 6.31. The molecule has 0 rings (SSSR count). The first-order chi connectivity index (χ1) is 6.37. The molecule has 14 heavy (non-hydrogen) atoms. The van der Waals surface area contributed by atoms with Gasteiger partial charge in [-0.3, -0.25) is 0 Å². The summed E-state index contributed by atoms with van der Waals surface area (Å²) in [7, 11) is -3.28. The van der Waals surface area contributed by atoms with Crippen LogP contribution in [0.3, 0.4) is 0 Å². The highest BCUT2D eigenvalue weighted by Gasteiger charge is 2.13. The molecule has 0 spiro atoms. The second-order valence-electron chi connectivity index (χ2n) is 4.03. The molecule has 0 aromatic rings. The molecule has 2 N–H and O–H groups in total. The van der Waals surface area contributed by atoms with E-state index in [4.69, 9.17) is 5.11 Å². The number of aliphatic hydroxyl groups is 1. The molecular formula is C9H21NO3S. The van der Waals surface area contributed by atoms with Gasteiger partial charge in [0.2, 0.25) is 10.0 Å². The SMILES string of the molecule is CC(C)CCC(C)NS(=O)(=O)CCO. The molecule has 1 unspecified atom stereocenters. The molecule has 0 amide bonds. The predicted molar refractivity (Wildman–Crippen MR) is 57.5 cm³/mol. The van der Waals surface area contributed by atoms with Crippen molar-refractivity contribution >= 4 is 10.0 Å². The lowest BCUT2D eigenvalue weighted by Crippen LogP contribution is -2.35. The number of hydrogen-bond donors (Lipinski definition) is 2. The zero-order valence-corrected chi connectivity index (χ0v) is 9.97. The van der Waals surface area contributed by atoms with E-state index >= 15 is 0 Å². The van der Waals surface area contributed by atoms with Crippen LogP contribution in [0.5, 0.6) is 0 Å². The highest BCUT2D eigenvalue weighted by molar-refractivity contribution is 7.89. The third-order valence-corrected chi connectivity index (χ3v) is 3.40. The van der Waals surface area contributed by atoms with Gasteiger partial charge in [0.05, 0.1) is 12.4 Å². The summed E-state index contributed by atoms with van der Waals surface area (Å²) in [6, 6.07) is -0.0473. The van der Waals surface area contributed by atoms with E-state index in [-0.39, 0.29) is 18.4 Å². The van der Waals surface area contributed by atoms with Crippen molar-refractivity contribution in [3.8, 4) is 0 Å². The summed E-state index contributed by atoms with van der Waals surface area (Å²) in [5.41, 5.74) is 0. The molecule has 4 nitrogen and oxygen atoms in total. The minimum Gasteiger partial charge on any atom is -0.395 e. The Morgan fingerprint density at radius 3 is 2.21 bits per heavy atom. The number of sulfonamides is 1. The van der Waals surface area contributed by atoms with Gasteiger partial charge in [-0.15, -0.1) is 0 Å². The first-order valence-corrected chi connectivity index (χ1v) is 6.63. The van der Waals surface area contributed by atoms with E-state index in [9.17, 15) is 8.42 Å². The molecule has 0 aromatic carbocycles. The average Bonchev–Trinajstić information content (AvgIpc) is 1.99. The molecule has 0 saturated carbocycles. The van der Waals surface area contributed by atoms with E-state index in [1.54, 1.807) is 0 Å². The van der Waals surface area contributed by atoms with Crippen LogP contribution in [0.15, 0.2) is 0 Å². The lowest BCUT2D eigenvalue weighted by molar-refractivity contribution is 0.318. The molecule has 0 aliphatic carbocycles. The summed E-state index contributed by atoms with van der Waals surface area (Å²) in [6.45, 7) is 5.73. The largest absolute Gasteiger partial charge is 0.395 e. The van der Waals surface area contributed by atoms with Gasteiger partial charge in [-0.25, -0.2) is 13.1 Å². The van der Waals surface area contributed by atoms with Gasteiger partial charge in [-0.2, -0.15) is 0 Å². The minimum atomic E-state index is -3.28. The van der Waals surface area contributed by atoms with Gasteiger partial charge in [0.1, 0.15) is 0 Å². The maximum atomic E-state index is 11.2. The summed E-state index contributed by atoms with van der Waals surface area (Å²) in [6.07, 6.45) is 1.84. The van der Waals surface area contributed by atoms with Gasteiger partial charge < -0.3 is 5.11 Å². The van der Waals surface area contributed by atoms with Crippen LogP contribution in [-0.2, 0) is 10.0 Å². The quantitative estimate of drug-likeness (QED) is 0.668. The van der Waals surface area contributed by atoms with Crippen molar-refractivity contribution in [1.29, 1.82) is 0 Å². The Morgan fingerprint density at radius 1 is 1.21 bits per heavy atom. The fourth-order valence-corrected chi connectivity index (χ4v) is 2.22. The lowest BCUT2D eigenvalue weighted by atomic mass is 10.1. The first kappa shape index (κ1) is 13.9. The van der Waals surface area contributed by atoms with Crippen molar-refractivity contribution in [2.75, 3.05) is 12.4 Å². The van der Waals surface area contributed by atoms with Crippen LogP contribution < -0.4 is 4.72 Å².